The van der Waals surface area contributed by atoms with Gasteiger partial charge in [-0.05, 0) is 38.5 Å². The van der Waals surface area contributed by atoms with Crippen LogP contribution >= 0.6 is 11.3 Å². The maximum Gasteiger partial charge on any atom is 0.271 e. The highest BCUT2D eigenvalue weighted by atomic mass is 32.1. The lowest BCUT2D eigenvalue weighted by atomic mass is 10.0. The third-order valence-corrected chi connectivity index (χ3v) is 4.41. The fraction of sp³-hybridized carbons (Fsp3) is 0.0625. The zero-order valence-electron chi connectivity index (χ0n) is 12.2. The van der Waals surface area contributed by atoms with E-state index in [0.29, 0.717) is 17.0 Å². The summed E-state index contributed by atoms with van der Waals surface area (Å²) in [5.41, 5.74) is 3.55. The summed E-state index contributed by atoms with van der Waals surface area (Å²) in [6, 6.07) is 11.8. The zero-order valence-corrected chi connectivity index (χ0v) is 13.0. The van der Waals surface area contributed by atoms with Gasteiger partial charge in [-0.25, -0.2) is 9.61 Å². The Hall–Kier alpha value is -3.31. The molecule has 0 bridgehead atoms. The van der Waals surface area contributed by atoms with Crippen molar-refractivity contribution in [2.24, 2.45) is 0 Å². The number of hydrogen-bond acceptors (Lipinski definition) is 7. The summed E-state index contributed by atoms with van der Waals surface area (Å²) in [5, 5.41) is 18.0. The molecule has 24 heavy (non-hydrogen) atoms. The van der Waals surface area contributed by atoms with Crippen LogP contribution in [0.4, 0.5) is 0 Å². The Labute approximate surface area is 139 Å². The van der Waals surface area contributed by atoms with E-state index < -0.39 is 0 Å². The van der Waals surface area contributed by atoms with Crippen LogP contribution in [0, 0.1) is 11.3 Å². The lowest BCUT2D eigenvalue weighted by Gasteiger charge is -2.02. The highest BCUT2D eigenvalue weighted by Gasteiger charge is 2.10. The highest BCUT2D eigenvalue weighted by molar-refractivity contribution is 7.10. The monoisotopic (exact) mass is 335 g/mol. The molecule has 4 aromatic rings. The van der Waals surface area contributed by atoms with E-state index in [9.17, 15) is 4.79 Å². The molecular formula is C16H9N5O2S. The predicted octanol–water partition coefficient (Wildman–Crippen LogP) is 2.50. The number of aromatic nitrogens is 4. The Morgan fingerprint density at radius 2 is 2.04 bits per heavy atom. The molecular weight excluding hydrogens is 326 g/mol. The van der Waals surface area contributed by atoms with Gasteiger partial charge in [-0.15, -0.1) is 11.3 Å². The number of aromatic amines is 1. The molecule has 0 saturated carbocycles. The van der Waals surface area contributed by atoms with Crippen molar-refractivity contribution >= 4 is 22.6 Å². The van der Waals surface area contributed by atoms with E-state index in [4.69, 9.17) is 5.26 Å². The molecule has 0 fully saturated rings. The first kappa shape index (κ1) is 14.3. The molecule has 0 spiro atoms. The Bertz CT molecular complexity index is 1120. The van der Waals surface area contributed by atoms with Gasteiger partial charge in [0, 0.05) is 6.42 Å². The molecule has 3 aromatic heterocycles. The standard InChI is InChI=1S/C16H9N5O2S/c17-7-12-6-11(8-24-12)10-3-1-9(2-4-10)5-13-16(22)19-15-14(18-13)20-23-21-15/h1-4,6,8H,5H2,(H,19,21,22). The predicted molar refractivity (Wildman–Crippen MR) is 87.5 cm³/mol. The Morgan fingerprint density at radius 3 is 2.79 bits per heavy atom. The number of nitriles is 1. The molecule has 0 saturated heterocycles. The maximum atomic E-state index is 12.0. The van der Waals surface area contributed by atoms with E-state index in [1.54, 1.807) is 0 Å². The molecule has 116 valence electrons. The zero-order chi connectivity index (χ0) is 16.5. The maximum absolute atomic E-state index is 12.0. The summed E-state index contributed by atoms with van der Waals surface area (Å²) in [4.78, 5) is 19.5. The van der Waals surface area contributed by atoms with Crippen LogP contribution in [0.25, 0.3) is 22.4 Å². The third-order valence-electron chi connectivity index (χ3n) is 3.57. The molecule has 3 heterocycles. The van der Waals surface area contributed by atoms with Gasteiger partial charge in [-0.2, -0.15) is 5.26 Å². The van der Waals surface area contributed by atoms with Crippen molar-refractivity contribution in [1.82, 2.24) is 20.3 Å². The molecule has 0 aliphatic rings. The summed E-state index contributed by atoms with van der Waals surface area (Å²) in [6.07, 6.45) is 0.380. The van der Waals surface area contributed by atoms with Gasteiger partial charge in [-0.3, -0.25) is 9.78 Å². The summed E-state index contributed by atoms with van der Waals surface area (Å²) >= 11 is 1.42. The van der Waals surface area contributed by atoms with Crippen molar-refractivity contribution in [2.75, 3.05) is 0 Å². The van der Waals surface area contributed by atoms with E-state index in [-0.39, 0.29) is 16.9 Å². The number of benzene rings is 1. The molecule has 0 amide bonds. The molecule has 0 unspecified atom stereocenters. The highest BCUT2D eigenvalue weighted by Crippen LogP contribution is 2.25. The van der Waals surface area contributed by atoms with Gasteiger partial charge < -0.3 is 0 Å². The van der Waals surface area contributed by atoms with Crippen LogP contribution in [-0.2, 0) is 6.42 Å². The number of nitrogens with zero attached hydrogens (tertiary/aromatic N) is 4. The first-order valence-electron chi connectivity index (χ1n) is 7.02. The second-order valence-electron chi connectivity index (χ2n) is 5.13. The molecule has 0 radical (unpaired) electrons. The molecule has 8 heteroatoms. The molecule has 4 rings (SSSR count). The van der Waals surface area contributed by atoms with E-state index in [0.717, 1.165) is 16.7 Å². The second kappa shape index (κ2) is 5.72. The second-order valence-corrected chi connectivity index (χ2v) is 6.05. The van der Waals surface area contributed by atoms with Crippen LogP contribution in [0.2, 0.25) is 0 Å². The number of rotatable bonds is 3. The van der Waals surface area contributed by atoms with Crippen molar-refractivity contribution in [3.05, 3.63) is 62.2 Å². The number of hydrogen-bond donors (Lipinski definition) is 1. The third kappa shape index (κ3) is 2.57. The number of H-pyrrole nitrogens is 1. The lowest BCUT2D eigenvalue weighted by molar-refractivity contribution is 0.314. The van der Waals surface area contributed by atoms with E-state index in [1.165, 1.54) is 11.3 Å². The topological polar surface area (TPSA) is 108 Å². The van der Waals surface area contributed by atoms with Crippen LogP contribution in [0.1, 0.15) is 16.1 Å². The summed E-state index contributed by atoms with van der Waals surface area (Å²) < 4.78 is 4.55. The van der Waals surface area contributed by atoms with Crippen molar-refractivity contribution in [3.63, 3.8) is 0 Å². The van der Waals surface area contributed by atoms with Gasteiger partial charge in [0.25, 0.3) is 5.56 Å². The van der Waals surface area contributed by atoms with E-state index >= 15 is 0 Å². The van der Waals surface area contributed by atoms with Gasteiger partial charge in [0.2, 0.25) is 11.3 Å². The molecule has 1 N–H and O–H groups in total. The van der Waals surface area contributed by atoms with Crippen LogP contribution in [0.5, 0.6) is 0 Å². The van der Waals surface area contributed by atoms with E-state index in [2.05, 4.69) is 31.0 Å². The molecule has 0 atom stereocenters. The minimum absolute atomic E-state index is 0.241. The van der Waals surface area contributed by atoms with Crippen LogP contribution < -0.4 is 5.56 Å². The molecule has 0 aliphatic heterocycles. The van der Waals surface area contributed by atoms with Gasteiger partial charge >= 0.3 is 0 Å². The summed E-state index contributed by atoms with van der Waals surface area (Å²) in [5.74, 6) is 0. The van der Waals surface area contributed by atoms with Crippen molar-refractivity contribution in [2.45, 2.75) is 6.42 Å². The van der Waals surface area contributed by atoms with Crippen LogP contribution in [0.15, 0.2) is 45.1 Å². The average molecular weight is 335 g/mol. The van der Waals surface area contributed by atoms with Gasteiger partial charge in [-0.1, -0.05) is 24.3 Å². The van der Waals surface area contributed by atoms with Crippen molar-refractivity contribution < 1.29 is 4.63 Å². The largest absolute Gasteiger partial charge is 0.299 e. The minimum atomic E-state index is -0.307. The quantitative estimate of drug-likeness (QED) is 0.616. The molecule has 1 aromatic carbocycles. The van der Waals surface area contributed by atoms with Gasteiger partial charge in [0.05, 0.1) is 0 Å². The summed E-state index contributed by atoms with van der Waals surface area (Å²) in [7, 11) is 0. The Kier molecular flexibility index (Phi) is 3.40. The lowest BCUT2D eigenvalue weighted by Crippen LogP contribution is -2.15. The Balaban J connectivity index is 1.61. The molecule has 7 nitrogen and oxygen atoms in total. The normalized spacial score (nSPS) is 10.8. The van der Waals surface area contributed by atoms with Crippen molar-refractivity contribution in [3.8, 4) is 17.2 Å². The average Bonchev–Trinajstić information content (AvgIpc) is 3.24. The van der Waals surface area contributed by atoms with Crippen molar-refractivity contribution in [1.29, 1.82) is 5.26 Å². The summed E-state index contributed by atoms with van der Waals surface area (Å²) in [6.45, 7) is 0. The van der Waals surface area contributed by atoms with Crippen LogP contribution in [0.3, 0.4) is 0 Å². The smallest absolute Gasteiger partial charge is 0.271 e. The SMILES string of the molecule is N#Cc1cc(-c2ccc(Cc3nc4nonc4[nH]c3=O)cc2)cs1. The first-order chi connectivity index (χ1) is 11.7. The number of thiophene rings is 1. The fourth-order valence-electron chi connectivity index (χ4n) is 2.37. The number of fused-ring (bicyclic) bond motifs is 1. The van der Waals surface area contributed by atoms with Crippen LogP contribution in [-0.4, -0.2) is 20.3 Å². The van der Waals surface area contributed by atoms with E-state index in [1.807, 2.05) is 35.7 Å². The Morgan fingerprint density at radius 1 is 1.21 bits per heavy atom. The minimum Gasteiger partial charge on any atom is -0.299 e. The van der Waals surface area contributed by atoms with Gasteiger partial charge in [0.1, 0.15) is 16.6 Å². The van der Waals surface area contributed by atoms with Gasteiger partial charge in [0.15, 0.2) is 0 Å². The molecule has 0 aliphatic carbocycles. The number of nitrogens with one attached hydrogen (secondary N) is 1. The fourth-order valence-corrected chi connectivity index (χ4v) is 3.07. The first-order valence-corrected chi connectivity index (χ1v) is 7.90.